The van der Waals surface area contributed by atoms with E-state index in [0.717, 1.165) is 40.4 Å². The number of methoxy groups -OCH3 is 3. The first kappa shape index (κ1) is 19.8. The Morgan fingerprint density at radius 2 is 1.35 bits per heavy atom. The maximum Gasteiger partial charge on any atom is 0.164 e. The van der Waals surface area contributed by atoms with Crippen molar-refractivity contribution in [3.63, 3.8) is 0 Å². The first-order chi connectivity index (χ1) is 12.5. The fourth-order valence-electron chi connectivity index (χ4n) is 2.74. The average Bonchev–Trinajstić information content (AvgIpc) is 2.66. The topological polar surface area (TPSA) is 46.2 Å². The van der Waals surface area contributed by atoms with Gasteiger partial charge in [-0.05, 0) is 50.1 Å². The van der Waals surface area contributed by atoms with Crippen molar-refractivity contribution < 1.29 is 23.7 Å². The molecule has 26 heavy (non-hydrogen) atoms. The van der Waals surface area contributed by atoms with Gasteiger partial charge in [0.05, 0.1) is 34.5 Å². The maximum absolute atomic E-state index is 6.01. The summed E-state index contributed by atoms with van der Waals surface area (Å²) in [5.41, 5.74) is 3.32. The molecule has 0 N–H and O–H groups in total. The van der Waals surface area contributed by atoms with E-state index in [1.165, 1.54) is 0 Å². The molecule has 0 aliphatic heterocycles. The highest BCUT2D eigenvalue weighted by atomic mass is 16.5. The SMILES string of the molecule is COc1ccc(OCCCOc2c(C)c(C)cc(OC)c2C)cc1OC. The van der Waals surface area contributed by atoms with Crippen molar-refractivity contribution in [2.75, 3.05) is 34.5 Å². The Balaban J connectivity index is 1.89. The van der Waals surface area contributed by atoms with Crippen LogP contribution in [0.1, 0.15) is 23.1 Å². The number of rotatable bonds is 9. The van der Waals surface area contributed by atoms with E-state index in [4.69, 9.17) is 23.7 Å². The molecule has 0 aliphatic carbocycles. The lowest BCUT2D eigenvalue weighted by Gasteiger charge is -2.17. The summed E-state index contributed by atoms with van der Waals surface area (Å²) in [6, 6.07) is 7.55. The first-order valence-electron chi connectivity index (χ1n) is 8.64. The van der Waals surface area contributed by atoms with Crippen LogP contribution in [0.3, 0.4) is 0 Å². The van der Waals surface area contributed by atoms with Crippen molar-refractivity contribution in [3.05, 3.63) is 41.0 Å². The lowest BCUT2D eigenvalue weighted by Crippen LogP contribution is -2.07. The van der Waals surface area contributed by atoms with Gasteiger partial charge < -0.3 is 23.7 Å². The Bertz CT molecular complexity index is 740. The number of benzene rings is 2. The second kappa shape index (κ2) is 9.22. The van der Waals surface area contributed by atoms with Crippen LogP contribution in [0.4, 0.5) is 0 Å². The third-order valence-electron chi connectivity index (χ3n) is 4.37. The van der Waals surface area contributed by atoms with E-state index in [9.17, 15) is 0 Å². The van der Waals surface area contributed by atoms with Crippen LogP contribution in [-0.4, -0.2) is 34.5 Å². The summed E-state index contributed by atoms with van der Waals surface area (Å²) in [4.78, 5) is 0. The normalized spacial score (nSPS) is 10.4. The van der Waals surface area contributed by atoms with E-state index in [2.05, 4.69) is 13.8 Å². The van der Waals surface area contributed by atoms with E-state index < -0.39 is 0 Å². The van der Waals surface area contributed by atoms with Gasteiger partial charge in [-0.1, -0.05) is 0 Å². The van der Waals surface area contributed by atoms with Crippen LogP contribution in [0.5, 0.6) is 28.7 Å². The molecule has 0 heterocycles. The molecular formula is C21H28O5. The predicted octanol–water partition coefficient (Wildman–Crippen LogP) is 4.49. The van der Waals surface area contributed by atoms with Crippen molar-refractivity contribution in [3.8, 4) is 28.7 Å². The molecule has 0 saturated heterocycles. The molecule has 0 spiro atoms. The van der Waals surface area contributed by atoms with Gasteiger partial charge in [0.1, 0.15) is 17.2 Å². The number of hydrogen-bond donors (Lipinski definition) is 0. The van der Waals surface area contributed by atoms with Crippen LogP contribution in [0.25, 0.3) is 0 Å². The zero-order valence-electron chi connectivity index (χ0n) is 16.5. The summed E-state index contributed by atoms with van der Waals surface area (Å²) < 4.78 is 27.7. The van der Waals surface area contributed by atoms with E-state index in [-0.39, 0.29) is 0 Å². The molecule has 0 bridgehead atoms. The molecule has 0 saturated carbocycles. The molecule has 0 aliphatic rings. The van der Waals surface area contributed by atoms with Crippen LogP contribution in [0.15, 0.2) is 24.3 Å². The zero-order valence-corrected chi connectivity index (χ0v) is 16.5. The second-order valence-electron chi connectivity index (χ2n) is 6.04. The maximum atomic E-state index is 6.01. The van der Waals surface area contributed by atoms with Crippen LogP contribution in [0.2, 0.25) is 0 Å². The van der Waals surface area contributed by atoms with E-state index in [1.807, 2.05) is 31.2 Å². The third kappa shape index (κ3) is 4.54. The monoisotopic (exact) mass is 360 g/mol. The Hall–Kier alpha value is -2.56. The highest BCUT2D eigenvalue weighted by Gasteiger charge is 2.12. The van der Waals surface area contributed by atoms with Crippen molar-refractivity contribution in [2.24, 2.45) is 0 Å². The molecule has 0 atom stereocenters. The summed E-state index contributed by atoms with van der Waals surface area (Å²) in [6.07, 6.45) is 0.767. The molecule has 2 aromatic rings. The van der Waals surface area contributed by atoms with Gasteiger partial charge in [-0.3, -0.25) is 0 Å². The molecule has 0 unspecified atom stereocenters. The van der Waals surface area contributed by atoms with Gasteiger partial charge in [0.25, 0.3) is 0 Å². The van der Waals surface area contributed by atoms with Gasteiger partial charge >= 0.3 is 0 Å². The highest BCUT2D eigenvalue weighted by molar-refractivity contribution is 5.52. The summed E-state index contributed by atoms with van der Waals surface area (Å²) in [6.45, 7) is 7.26. The number of aryl methyl sites for hydroxylation is 1. The standard InChI is InChI=1S/C21H28O5/c1-14-12-19(23-5)16(3)21(15(14)2)26-11-7-10-25-17-8-9-18(22-4)20(13-17)24-6/h8-9,12-13H,7,10-11H2,1-6H3. The number of hydrogen-bond acceptors (Lipinski definition) is 5. The van der Waals surface area contributed by atoms with Gasteiger partial charge in [0, 0.05) is 18.1 Å². The molecule has 5 nitrogen and oxygen atoms in total. The molecule has 0 radical (unpaired) electrons. The molecule has 0 aromatic heterocycles. The summed E-state index contributed by atoms with van der Waals surface area (Å²) >= 11 is 0. The van der Waals surface area contributed by atoms with Crippen molar-refractivity contribution in [1.29, 1.82) is 0 Å². The van der Waals surface area contributed by atoms with Crippen molar-refractivity contribution >= 4 is 0 Å². The fraction of sp³-hybridized carbons (Fsp3) is 0.429. The minimum Gasteiger partial charge on any atom is -0.496 e. The average molecular weight is 360 g/mol. The summed E-state index contributed by atoms with van der Waals surface area (Å²) in [5.74, 6) is 3.83. The van der Waals surface area contributed by atoms with Gasteiger partial charge in [-0.25, -0.2) is 0 Å². The van der Waals surface area contributed by atoms with Gasteiger partial charge in [0.15, 0.2) is 11.5 Å². The molecular weight excluding hydrogens is 332 g/mol. The molecule has 0 fully saturated rings. The second-order valence-corrected chi connectivity index (χ2v) is 6.04. The Labute approximate surface area is 155 Å². The zero-order chi connectivity index (χ0) is 19.1. The van der Waals surface area contributed by atoms with Crippen LogP contribution in [0, 0.1) is 20.8 Å². The Morgan fingerprint density at radius 3 is 2.00 bits per heavy atom. The summed E-state index contributed by atoms with van der Waals surface area (Å²) in [7, 11) is 4.90. The molecule has 5 heteroatoms. The quantitative estimate of drug-likeness (QED) is 0.617. The third-order valence-corrected chi connectivity index (χ3v) is 4.37. The van der Waals surface area contributed by atoms with Crippen LogP contribution >= 0.6 is 0 Å². The van der Waals surface area contributed by atoms with Gasteiger partial charge in [-0.15, -0.1) is 0 Å². The molecule has 2 rings (SSSR count). The molecule has 142 valence electrons. The van der Waals surface area contributed by atoms with Crippen molar-refractivity contribution in [2.45, 2.75) is 27.2 Å². The van der Waals surface area contributed by atoms with Crippen molar-refractivity contribution in [1.82, 2.24) is 0 Å². The minimum atomic E-state index is 0.552. The lowest BCUT2D eigenvalue weighted by atomic mass is 10.0. The van der Waals surface area contributed by atoms with Crippen LogP contribution < -0.4 is 23.7 Å². The van der Waals surface area contributed by atoms with Gasteiger partial charge in [-0.2, -0.15) is 0 Å². The Morgan fingerprint density at radius 1 is 0.692 bits per heavy atom. The van der Waals surface area contributed by atoms with E-state index in [0.29, 0.717) is 24.7 Å². The lowest BCUT2D eigenvalue weighted by molar-refractivity contribution is 0.244. The fourth-order valence-corrected chi connectivity index (χ4v) is 2.74. The highest BCUT2D eigenvalue weighted by Crippen LogP contribution is 2.34. The van der Waals surface area contributed by atoms with Crippen LogP contribution in [-0.2, 0) is 0 Å². The smallest absolute Gasteiger partial charge is 0.164 e. The van der Waals surface area contributed by atoms with Gasteiger partial charge in [0.2, 0.25) is 0 Å². The van der Waals surface area contributed by atoms with E-state index >= 15 is 0 Å². The largest absolute Gasteiger partial charge is 0.496 e. The molecule has 2 aromatic carbocycles. The molecule has 0 amide bonds. The van der Waals surface area contributed by atoms with E-state index in [1.54, 1.807) is 21.3 Å². The number of ether oxygens (including phenoxy) is 5. The first-order valence-corrected chi connectivity index (χ1v) is 8.64. The minimum absolute atomic E-state index is 0.552. The summed E-state index contributed by atoms with van der Waals surface area (Å²) in [5, 5.41) is 0. The Kier molecular flexibility index (Phi) is 7.01. The predicted molar refractivity (Wildman–Crippen MR) is 102 cm³/mol.